The van der Waals surface area contributed by atoms with E-state index in [-0.39, 0.29) is 25.7 Å². The van der Waals surface area contributed by atoms with Gasteiger partial charge in [0.05, 0.1) is 26.4 Å². The van der Waals surface area contributed by atoms with Crippen LogP contribution < -0.4 is 0 Å². The van der Waals surface area contributed by atoms with E-state index in [1.807, 2.05) is 0 Å². The molecule has 0 aliphatic carbocycles. The Balaban J connectivity index is 5.27. The topological polar surface area (TPSA) is 237 Å². The van der Waals surface area contributed by atoms with Gasteiger partial charge in [0.15, 0.2) is 12.2 Å². The maximum absolute atomic E-state index is 13.1. The summed E-state index contributed by atoms with van der Waals surface area (Å²) < 4.78 is 68.8. The highest BCUT2D eigenvalue weighted by Crippen LogP contribution is 2.45. The predicted octanol–water partition coefficient (Wildman–Crippen LogP) is 24.7. The van der Waals surface area contributed by atoms with Gasteiger partial charge < -0.3 is 33.8 Å². The number of aliphatic hydroxyl groups excluding tert-OH is 1. The van der Waals surface area contributed by atoms with Crippen LogP contribution in [0.25, 0.3) is 0 Å². The van der Waals surface area contributed by atoms with Crippen LogP contribution in [0, 0.1) is 11.8 Å². The average molecular weight is 1480 g/mol. The molecule has 0 amide bonds. The number of unbranched alkanes of at least 4 members (excludes halogenated alkanes) is 50. The molecule has 0 saturated heterocycles. The van der Waals surface area contributed by atoms with Gasteiger partial charge in [-0.25, -0.2) is 9.13 Å². The van der Waals surface area contributed by atoms with Gasteiger partial charge in [0.25, 0.3) is 0 Å². The van der Waals surface area contributed by atoms with Crippen LogP contribution >= 0.6 is 15.6 Å². The average Bonchev–Trinajstić information content (AvgIpc) is 0.972. The third-order valence-electron chi connectivity index (χ3n) is 19.6. The smallest absolute Gasteiger partial charge is 0.462 e. The quantitative estimate of drug-likeness (QED) is 0.0222. The SMILES string of the molecule is CCCCCCCCCCCCCCCCCCCCC(=O)O[C@H](COC(=O)CCCCCCCCCCCCCCCCCC)COP(=O)(O)OC[C@@H](O)COP(=O)(O)OC[C@@H](COC(=O)CCCCCCCCCCC(C)CC)OC(=O)CCCCCCCCCCCCCCC(C)C. The Morgan fingerprint density at radius 3 is 0.752 bits per heavy atom. The number of carbonyl (C=O) groups is 4. The first kappa shape index (κ1) is 99.1. The van der Waals surface area contributed by atoms with Crippen molar-refractivity contribution in [2.45, 2.75) is 452 Å². The van der Waals surface area contributed by atoms with Crippen LogP contribution in [0.3, 0.4) is 0 Å². The maximum Gasteiger partial charge on any atom is 0.472 e. The fraction of sp³-hybridized carbons (Fsp3) is 0.951. The van der Waals surface area contributed by atoms with Crippen LogP contribution in [0.5, 0.6) is 0 Å². The van der Waals surface area contributed by atoms with E-state index >= 15 is 0 Å². The van der Waals surface area contributed by atoms with Crippen LogP contribution in [0.2, 0.25) is 0 Å². The largest absolute Gasteiger partial charge is 0.472 e. The van der Waals surface area contributed by atoms with E-state index in [0.29, 0.717) is 25.7 Å². The van der Waals surface area contributed by atoms with Crippen LogP contribution in [0.4, 0.5) is 0 Å². The van der Waals surface area contributed by atoms with Gasteiger partial charge >= 0.3 is 39.5 Å². The second-order valence-corrected chi connectivity index (χ2v) is 33.1. The number of phosphoric acid groups is 2. The molecular formula is C82H160O17P2. The monoisotopic (exact) mass is 1480 g/mol. The lowest BCUT2D eigenvalue weighted by atomic mass is 9.99. The summed E-state index contributed by atoms with van der Waals surface area (Å²) in [5.41, 5.74) is 0. The van der Waals surface area contributed by atoms with Gasteiger partial charge in [-0.3, -0.25) is 37.3 Å². The summed E-state index contributed by atoms with van der Waals surface area (Å²) in [6, 6.07) is 0. The van der Waals surface area contributed by atoms with Crippen LogP contribution in [-0.2, 0) is 65.4 Å². The van der Waals surface area contributed by atoms with Gasteiger partial charge in [-0.2, -0.15) is 0 Å². The van der Waals surface area contributed by atoms with Crippen molar-refractivity contribution in [2.75, 3.05) is 39.6 Å². The highest BCUT2D eigenvalue weighted by Gasteiger charge is 2.30. The normalized spacial score (nSPS) is 14.2. The van der Waals surface area contributed by atoms with Crippen molar-refractivity contribution in [3.63, 3.8) is 0 Å². The molecule has 0 bridgehead atoms. The lowest BCUT2D eigenvalue weighted by Crippen LogP contribution is -2.30. The highest BCUT2D eigenvalue weighted by atomic mass is 31.2. The van der Waals surface area contributed by atoms with Gasteiger partial charge in [0.1, 0.15) is 19.3 Å². The van der Waals surface area contributed by atoms with E-state index < -0.39 is 97.5 Å². The Hall–Kier alpha value is -1.94. The molecule has 0 aliphatic rings. The van der Waals surface area contributed by atoms with Crippen LogP contribution in [0.15, 0.2) is 0 Å². The molecule has 0 rings (SSSR count). The first-order chi connectivity index (χ1) is 48.9. The lowest BCUT2D eigenvalue weighted by Gasteiger charge is -2.21. The predicted molar refractivity (Wildman–Crippen MR) is 414 cm³/mol. The summed E-state index contributed by atoms with van der Waals surface area (Å²) in [6.07, 6.45) is 63.7. The molecule has 0 fully saturated rings. The van der Waals surface area contributed by atoms with Gasteiger partial charge in [0.2, 0.25) is 0 Å². The summed E-state index contributed by atoms with van der Waals surface area (Å²) in [7, 11) is -9.92. The molecular weight excluding hydrogens is 1320 g/mol. The maximum atomic E-state index is 13.1. The van der Waals surface area contributed by atoms with Gasteiger partial charge in [-0.1, -0.05) is 382 Å². The molecule has 0 saturated carbocycles. The van der Waals surface area contributed by atoms with E-state index in [2.05, 4.69) is 41.5 Å². The molecule has 0 heterocycles. The van der Waals surface area contributed by atoms with Crippen molar-refractivity contribution >= 4 is 39.5 Å². The van der Waals surface area contributed by atoms with Gasteiger partial charge in [-0.15, -0.1) is 0 Å². The standard InChI is InChI=1S/C82H160O17P2/c1-7-10-12-14-16-18-20-22-24-26-27-29-31-36-40-48-54-60-66-81(86)98-77(70-92-79(84)64-58-52-46-39-35-30-28-25-23-21-19-17-15-13-11-8-2)72-96-100(88,89)94-68-76(83)69-95-101(90,91)97-73-78(71-93-80(85)65-59-53-47-43-42-45-51-57-63-75(6)9-3)99-82(87)67-61-55-49-41-37-33-32-34-38-44-50-56-62-74(4)5/h74-78,83H,7-73H2,1-6H3,(H,88,89)(H,90,91)/t75?,76-,77-,78-/m1/s1. The second-order valence-electron chi connectivity index (χ2n) is 30.2. The Labute approximate surface area is 619 Å². The molecule has 0 aliphatic heterocycles. The third kappa shape index (κ3) is 74.7. The minimum atomic E-state index is -4.96. The summed E-state index contributed by atoms with van der Waals surface area (Å²) in [5, 5.41) is 10.7. The molecule has 0 spiro atoms. The first-order valence-electron chi connectivity index (χ1n) is 42.5. The lowest BCUT2D eigenvalue weighted by molar-refractivity contribution is -0.161. The Bertz CT molecular complexity index is 1940. The Kier molecular flexibility index (Phi) is 72.2. The molecule has 19 heteroatoms. The summed E-state index contributed by atoms with van der Waals surface area (Å²) >= 11 is 0. The molecule has 3 N–H and O–H groups in total. The number of phosphoric ester groups is 2. The zero-order valence-corrected chi connectivity index (χ0v) is 68.0. The Morgan fingerprint density at radius 2 is 0.505 bits per heavy atom. The van der Waals surface area contributed by atoms with Crippen molar-refractivity contribution < 1.29 is 80.2 Å². The first-order valence-corrected chi connectivity index (χ1v) is 45.5. The van der Waals surface area contributed by atoms with E-state index in [1.54, 1.807) is 0 Å². The van der Waals surface area contributed by atoms with Crippen molar-refractivity contribution in [1.82, 2.24) is 0 Å². The highest BCUT2D eigenvalue weighted by molar-refractivity contribution is 7.47. The van der Waals surface area contributed by atoms with E-state index in [4.69, 9.17) is 37.0 Å². The van der Waals surface area contributed by atoms with Gasteiger partial charge in [-0.05, 0) is 37.5 Å². The van der Waals surface area contributed by atoms with Crippen LogP contribution in [-0.4, -0.2) is 96.7 Å². The van der Waals surface area contributed by atoms with Crippen molar-refractivity contribution in [1.29, 1.82) is 0 Å². The molecule has 600 valence electrons. The van der Waals surface area contributed by atoms with E-state index in [1.165, 1.54) is 250 Å². The fourth-order valence-corrected chi connectivity index (χ4v) is 14.3. The zero-order chi connectivity index (χ0) is 74.2. The van der Waals surface area contributed by atoms with Crippen molar-refractivity contribution in [3.8, 4) is 0 Å². The van der Waals surface area contributed by atoms with E-state index in [0.717, 1.165) is 102 Å². The number of aliphatic hydroxyl groups is 1. The number of hydrogen-bond donors (Lipinski definition) is 3. The summed E-state index contributed by atoms with van der Waals surface area (Å²) in [6.45, 7) is 9.66. The Morgan fingerprint density at radius 1 is 0.287 bits per heavy atom. The molecule has 101 heavy (non-hydrogen) atoms. The minimum Gasteiger partial charge on any atom is -0.462 e. The summed E-state index contributed by atoms with van der Waals surface area (Å²) in [5.74, 6) is -0.552. The molecule has 17 nitrogen and oxygen atoms in total. The number of carbonyl (C=O) groups excluding carboxylic acids is 4. The van der Waals surface area contributed by atoms with Crippen molar-refractivity contribution in [3.05, 3.63) is 0 Å². The van der Waals surface area contributed by atoms with Crippen molar-refractivity contribution in [2.24, 2.45) is 11.8 Å². The van der Waals surface area contributed by atoms with Gasteiger partial charge in [0, 0.05) is 25.7 Å². The summed E-state index contributed by atoms with van der Waals surface area (Å²) in [4.78, 5) is 73.1. The minimum absolute atomic E-state index is 0.107. The molecule has 0 aromatic heterocycles. The van der Waals surface area contributed by atoms with E-state index in [9.17, 15) is 43.2 Å². The molecule has 0 radical (unpaired) electrons. The number of esters is 4. The number of hydrogen-bond acceptors (Lipinski definition) is 15. The van der Waals surface area contributed by atoms with Crippen LogP contribution in [0.1, 0.15) is 433 Å². The molecule has 0 aromatic rings. The fourth-order valence-electron chi connectivity index (χ4n) is 12.7. The third-order valence-corrected chi connectivity index (χ3v) is 21.5. The number of rotatable bonds is 81. The number of ether oxygens (including phenoxy) is 4. The molecule has 0 aromatic carbocycles. The zero-order valence-electron chi connectivity index (χ0n) is 66.2. The molecule has 3 unspecified atom stereocenters. The second kappa shape index (κ2) is 73.6. The molecule has 6 atom stereocenters.